The number of fused-ring (bicyclic) bond motifs is 1. The van der Waals surface area contributed by atoms with Crippen molar-refractivity contribution >= 4 is 6.09 Å². The van der Waals surface area contributed by atoms with Crippen LogP contribution in [0.5, 0.6) is 0 Å². The molecule has 0 radical (unpaired) electrons. The quantitative estimate of drug-likeness (QED) is 0.614. The van der Waals surface area contributed by atoms with Crippen LogP contribution in [-0.2, 0) is 4.74 Å². The van der Waals surface area contributed by atoms with Gasteiger partial charge >= 0.3 is 6.09 Å². The molecule has 0 spiro atoms. The van der Waals surface area contributed by atoms with Crippen LogP contribution in [0.1, 0.15) is 33.6 Å². The third-order valence-electron chi connectivity index (χ3n) is 3.55. The highest BCUT2D eigenvalue weighted by Crippen LogP contribution is 2.27. The van der Waals surface area contributed by atoms with Gasteiger partial charge in [-0.3, -0.25) is 4.90 Å². The summed E-state index contributed by atoms with van der Waals surface area (Å²) in [7, 11) is 0. The summed E-state index contributed by atoms with van der Waals surface area (Å²) in [4.78, 5) is 16.2. The SMILES string of the molecule is C#C[C@H]1CC[C@H]2CN(C(=O)OC(C)(C)C)CCN21. The number of carbonyl (C=O) groups is 1. The Morgan fingerprint density at radius 1 is 1.33 bits per heavy atom. The monoisotopic (exact) mass is 250 g/mol. The second-order valence-corrected chi connectivity index (χ2v) is 6.08. The standard InChI is InChI=1S/C14H22N2O2/c1-5-11-6-7-12-10-15(8-9-16(11)12)13(17)18-14(2,3)4/h1,11-12H,6-10H2,2-4H3/t11-,12-/m0/s1. The fourth-order valence-corrected chi connectivity index (χ4v) is 2.72. The Morgan fingerprint density at radius 2 is 2.06 bits per heavy atom. The smallest absolute Gasteiger partial charge is 0.410 e. The molecule has 4 nitrogen and oxygen atoms in total. The number of hydrogen-bond acceptors (Lipinski definition) is 3. The van der Waals surface area contributed by atoms with E-state index in [-0.39, 0.29) is 12.1 Å². The molecule has 2 saturated heterocycles. The average Bonchev–Trinajstić information content (AvgIpc) is 2.68. The molecule has 2 heterocycles. The summed E-state index contributed by atoms with van der Waals surface area (Å²) in [5.41, 5.74) is -0.425. The summed E-state index contributed by atoms with van der Waals surface area (Å²) in [5, 5.41) is 0. The van der Waals surface area contributed by atoms with E-state index in [2.05, 4.69) is 10.8 Å². The van der Waals surface area contributed by atoms with Crippen LogP contribution in [0.4, 0.5) is 4.79 Å². The van der Waals surface area contributed by atoms with Gasteiger partial charge in [0.1, 0.15) is 5.60 Å². The fraction of sp³-hybridized carbons (Fsp3) is 0.786. The Morgan fingerprint density at radius 3 is 2.67 bits per heavy atom. The Labute approximate surface area is 109 Å². The van der Waals surface area contributed by atoms with Crippen LogP contribution in [-0.4, -0.2) is 53.2 Å². The van der Waals surface area contributed by atoms with Crippen molar-refractivity contribution in [2.75, 3.05) is 19.6 Å². The van der Waals surface area contributed by atoms with Crippen molar-refractivity contribution in [2.24, 2.45) is 0 Å². The van der Waals surface area contributed by atoms with E-state index in [1.54, 1.807) is 0 Å². The number of nitrogens with zero attached hydrogens (tertiary/aromatic N) is 2. The van der Waals surface area contributed by atoms with Crippen molar-refractivity contribution in [1.82, 2.24) is 9.80 Å². The first-order valence-corrected chi connectivity index (χ1v) is 6.60. The molecule has 18 heavy (non-hydrogen) atoms. The molecular weight excluding hydrogens is 228 g/mol. The molecule has 0 unspecified atom stereocenters. The van der Waals surface area contributed by atoms with E-state index in [1.165, 1.54) is 0 Å². The molecule has 2 aliphatic rings. The minimum absolute atomic E-state index is 0.202. The van der Waals surface area contributed by atoms with Gasteiger partial charge in [-0.05, 0) is 33.6 Å². The minimum Gasteiger partial charge on any atom is -0.444 e. The van der Waals surface area contributed by atoms with Gasteiger partial charge in [-0.25, -0.2) is 4.79 Å². The van der Waals surface area contributed by atoms with Crippen molar-refractivity contribution in [3.05, 3.63) is 0 Å². The average molecular weight is 250 g/mol. The van der Waals surface area contributed by atoms with Crippen LogP contribution in [0.2, 0.25) is 0 Å². The zero-order valence-corrected chi connectivity index (χ0v) is 11.5. The summed E-state index contributed by atoms with van der Waals surface area (Å²) in [6.45, 7) is 8.00. The summed E-state index contributed by atoms with van der Waals surface area (Å²) < 4.78 is 5.41. The molecule has 100 valence electrons. The zero-order chi connectivity index (χ0) is 13.3. The number of ether oxygens (including phenoxy) is 1. The molecule has 0 aromatic rings. The highest BCUT2D eigenvalue weighted by molar-refractivity contribution is 5.68. The highest BCUT2D eigenvalue weighted by atomic mass is 16.6. The molecule has 2 atom stereocenters. The van der Waals surface area contributed by atoms with Crippen molar-refractivity contribution < 1.29 is 9.53 Å². The number of terminal acetylenes is 1. The Bertz CT molecular complexity index is 367. The first-order chi connectivity index (χ1) is 8.40. The first kappa shape index (κ1) is 13.2. The Kier molecular flexibility index (Phi) is 3.54. The maximum Gasteiger partial charge on any atom is 0.410 e. The Balaban J connectivity index is 1.93. The normalized spacial score (nSPS) is 28.7. The molecule has 0 aliphatic carbocycles. The molecule has 0 bridgehead atoms. The summed E-state index contributed by atoms with van der Waals surface area (Å²) in [5.74, 6) is 2.84. The Hall–Kier alpha value is -1.21. The zero-order valence-electron chi connectivity index (χ0n) is 11.5. The predicted molar refractivity (Wildman–Crippen MR) is 70.2 cm³/mol. The molecule has 0 aromatic carbocycles. The topological polar surface area (TPSA) is 32.8 Å². The number of amides is 1. The van der Waals surface area contributed by atoms with E-state index in [4.69, 9.17) is 11.2 Å². The van der Waals surface area contributed by atoms with E-state index in [0.717, 1.165) is 25.9 Å². The third-order valence-corrected chi connectivity index (χ3v) is 3.55. The van der Waals surface area contributed by atoms with E-state index < -0.39 is 5.60 Å². The van der Waals surface area contributed by atoms with Crippen LogP contribution < -0.4 is 0 Å². The van der Waals surface area contributed by atoms with Gasteiger partial charge in [0, 0.05) is 25.7 Å². The molecule has 0 saturated carbocycles. The molecule has 0 aromatic heterocycles. The lowest BCUT2D eigenvalue weighted by molar-refractivity contribution is 0.00726. The molecular formula is C14H22N2O2. The lowest BCUT2D eigenvalue weighted by Gasteiger charge is -2.39. The molecule has 2 aliphatic heterocycles. The van der Waals surface area contributed by atoms with Crippen molar-refractivity contribution in [3.8, 4) is 12.3 Å². The van der Waals surface area contributed by atoms with Gasteiger partial charge in [-0.2, -0.15) is 0 Å². The lowest BCUT2D eigenvalue weighted by Crippen LogP contribution is -2.54. The second kappa shape index (κ2) is 4.81. The minimum atomic E-state index is -0.425. The van der Waals surface area contributed by atoms with Gasteiger partial charge in [0.25, 0.3) is 0 Å². The van der Waals surface area contributed by atoms with E-state index >= 15 is 0 Å². The highest BCUT2D eigenvalue weighted by Gasteiger charge is 2.38. The van der Waals surface area contributed by atoms with Crippen molar-refractivity contribution in [2.45, 2.75) is 51.3 Å². The molecule has 4 heteroatoms. The number of hydrogen-bond donors (Lipinski definition) is 0. The van der Waals surface area contributed by atoms with Crippen LogP contribution in [0.15, 0.2) is 0 Å². The van der Waals surface area contributed by atoms with Gasteiger partial charge in [-0.15, -0.1) is 6.42 Å². The second-order valence-electron chi connectivity index (χ2n) is 6.08. The molecule has 1 amide bonds. The van der Waals surface area contributed by atoms with Crippen LogP contribution in [0, 0.1) is 12.3 Å². The van der Waals surface area contributed by atoms with Gasteiger partial charge < -0.3 is 9.64 Å². The van der Waals surface area contributed by atoms with Crippen molar-refractivity contribution in [1.29, 1.82) is 0 Å². The number of rotatable bonds is 0. The summed E-state index contributed by atoms with van der Waals surface area (Å²) in [6, 6.07) is 0.670. The van der Waals surface area contributed by atoms with Gasteiger partial charge in [0.15, 0.2) is 0 Å². The number of carbonyl (C=O) groups excluding carboxylic acids is 1. The van der Waals surface area contributed by atoms with Crippen LogP contribution >= 0.6 is 0 Å². The maximum atomic E-state index is 12.0. The predicted octanol–water partition coefficient (Wildman–Crippen LogP) is 1.70. The molecule has 2 fully saturated rings. The lowest BCUT2D eigenvalue weighted by atomic mass is 10.1. The fourth-order valence-electron chi connectivity index (χ4n) is 2.72. The summed E-state index contributed by atoms with van der Waals surface area (Å²) >= 11 is 0. The van der Waals surface area contributed by atoms with E-state index in [0.29, 0.717) is 12.6 Å². The molecule has 0 N–H and O–H groups in total. The van der Waals surface area contributed by atoms with Crippen LogP contribution in [0.3, 0.4) is 0 Å². The third kappa shape index (κ3) is 2.78. The largest absolute Gasteiger partial charge is 0.444 e. The van der Waals surface area contributed by atoms with Crippen LogP contribution in [0.25, 0.3) is 0 Å². The maximum absolute atomic E-state index is 12.0. The van der Waals surface area contributed by atoms with E-state index in [9.17, 15) is 4.79 Å². The van der Waals surface area contributed by atoms with Gasteiger partial charge in [0.2, 0.25) is 0 Å². The summed E-state index contributed by atoms with van der Waals surface area (Å²) in [6.07, 6.45) is 7.44. The first-order valence-electron chi connectivity index (χ1n) is 6.60. The van der Waals surface area contributed by atoms with E-state index in [1.807, 2.05) is 25.7 Å². The number of piperazine rings is 1. The van der Waals surface area contributed by atoms with Crippen molar-refractivity contribution in [3.63, 3.8) is 0 Å². The van der Waals surface area contributed by atoms with Gasteiger partial charge in [-0.1, -0.05) is 5.92 Å². The van der Waals surface area contributed by atoms with Gasteiger partial charge in [0.05, 0.1) is 6.04 Å². The molecule has 2 rings (SSSR count).